The molecule has 0 unspecified atom stereocenters. The maximum Gasteiger partial charge on any atom is 0.336 e. The van der Waals surface area contributed by atoms with Crippen LogP contribution in [0.25, 0.3) is 0 Å². The molecule has 92 valence electrons. The minimum Gasteiger partial charge on any atom is -0.478 e. The lowest BCUT2D eigenvalue weighted by Gasteiger charge is -2.31. The van der Waals surface area contributed by atoms with Crippen molar-refractivity contribution in [2.24, 2.45) is 0 Å². The zero-order valence-electron chi connectivity index (χ0n) is 9.86. The van der Waals surface area contributed by atoms with Crippen LogP contribution >= 0.6 is 0 Å². The van der Waals surface area contributed by atoms with Crippen LogP contribution in [-0.4, -0.2) is 37.3 Å². The summed E-state index contributed by atoms with van der Waals surface area (Å²) in [5.74, 6) is -0.925. The number of nitrogens with zero attached hydrogens (tertiary/aromatic N) is 1. The number of hydrogen-bond acceptors (Lipinski definition) is 4. The van der Waals surface area contributed by atoms with E-state index in [0.29, 0.717) is 11.3 Å². The number of carboxylic acids is 1. The first kappa shape index (κ1) is 11.7. The molecular formula is C12H17N3O2. The van der Waals surface area contributed by atoms with E-state index >= 15 is 0 Å². The van der Waals surface area contributed by atoms with Gasteiger partial charge in [-0.25, -0.2) is 4.79 Å². The smallest absolute Gasteiger partial charge is 0.336 e. The third-order valence-corrected chi connectivity index (χ3v) is 3.09. The zero-order valence-corrected chi connectivity index (χ0v) is 9.86. The first-order valence-corrected chi connectivity index (χ1v) is 5.68. The molecule has 0 bridgehead atoms. The summed E-state index contributed by atoms with van der Waals surface area (Å²) >= 11 is 0. The molecule has 1 saturated heterocycles. The topological polar surface area (TPSA) is 78.6 Å². The number of anilines is 2. The first-order chi connectivity index (χ1) is 8.09. The fraction of sp³-hybridized carbons (Fsp3) is 0.417. The van der Waals surface area contributed by atoms with Crippen molar-refractivity contribution in [1.82, 2.24) is 5.32 Å². The predicted molar refractivity (Wildman–Crippen MR) is 67.6 cm³/mol. The Morgan fingerprint density at radius 2 is 2.06 bits per heavy atom. The largest absolute Gasteiger partial charge is 0.478 e. The second-order valence-electron chi connectivity index (χ2n) is 4.25. The Labute approximate surface area is 100 Å². The normalized spacial score (nSPS) is 15.9. The Morgan fingerprint density at radius 3 is 2.65 bits per heavy atom. The summed E-state index contributed by atoms with van der Waals surface area (Å²) in [5, 5.41) is 12.4. The van der Waals surface area contributed by atoms with E-state index in [9.17, 15) is 4.79 Å². The number of nitrogen functional groups attached to an aromatic ring is 1. The number of benzene rings is 1. The van der Waals surface area contributed by atoms with Gasteiger partial charge in [-0.2, -0.15) is 0 Å². The van der Waals surface area contributed by atoms with E-state index < -0.39 is 5.97 Å². The van der Waals surface area contributed by atoms with Gasteiger partial charge in [0.1, 0.15) is 0 Å². The first-order valence-electron chi connectivity index (χ1n) is 5.68. The number of aromatic carboxylic acids is 1. The fourth-order valence-corrected chi connectivity index (χ4v) is 2.18. The molecule has 0 amide bonds. The Balaban J connectivity index is 2.41. The summed E-state index contributed by atoms with van der Waals surface area (Å²) in [6, 6.07) is 3.37. The molecule has 0 aliphatic carbocycles. The number of nitrogens with two attached hydrogens (primary N) is 1. The van der Waals surface area contributed by atoms with Crippen LogP contribution in [0.1, 0.15) is 15.9 Å². The summed E-state index contributed by atoms with van der Waals surface area (Å²) in [4.78, 5) is 13.3. The van der Waals surface area contributed by atoms with Crippen LogP contribution in [0.2, 0.25) is 0 Å². The second kappa shape index (κ2) is 4.63. The number of carbonyl (C=O) groups is 1. The Bertz CT molecular complexity index is 440. The number of rotatable bonds is 2. The summed E-state index contributed by atoms with van der Waals surface area (Å²) in [7, 11) is 0. The maximum absolute atomic E-state index is 11.1. The van der Waals surface area contributed by atoms with Gasteiger partial charge >= 0.3 is 5.97 Å². The standard InChI is InChI=1S/C12H17N3O2/c1-8-10(12(16)17)6-9(13)7-11(8)15-4-2-14-3-5-15/h6-7,14H,2-5,13H2,1H3,(H,16,17). The van der Waals surface area contributed by atoms with Crippen molar-refractivity contribution < 1.29 is 9.90 Å². The van der Waals surface area contributed by atoms with Crippen LogP contribution in [0.15, 0.2) is 12.1 Å². The highest BCUT2D eigenvalue weighted by Gasteiger charge is 2.17. The predicted octanol–water partition coefficient (Wildman–Crippen LogP) is 0.685. The SMILES string of the molecule is Cc1c(C(=O)O)cc(N)cc1N1CCNCC1. The van der Waals surface area contributed by atoms with Crippen molar-refractivity contribution in [3.8, 4) is 0 Å². The molecular weight excluding hydrogens is 218 g/mol. The van der Waals surface area contributed by atoms with Crippen LogP contribution in [0.5, 0.6) is 0 Å². The van der Waals surface area contributed by atoms with E-state index in [2.05, 4.69) is 10.2 Å². The Morgan fingerprint density at radius 1 is 1.41 bits per heavy atom. The van der Waals surface area contributed by atoms with Gasteiger partial charge in [0, 0.05) is 37.6 Å². The average Bonchev–Trinajstić information content (AvgIpc) is 2.32. The van der Waals surface area contributed by atoms with Gasteiger partial charge in [0.05, 0.1) is 5.56 Å². The fourth-order valence-electron chi connectivity index (χ4n) is 2.18. The molecule has 4 N–H and O–H groups in total. The number of hydrogen-bond donors (Lipinski definition) is 3. The molecule has 1 heterocycles. The van der Waals surface area contributed by atoms with Crippen LogP contribution in [-0.2, 0) is 0 Å². The third kappa shape index (κ3) is 2.34. The molecule has 1 aromatic rings. The van der Waals surface area contributed by atoms with Gasteiger partial charge in [-0.3, -0.25) is 0 Å². The van der Waals surface area contributed by atoms with Gasteiger partial charge in [-0.1, -0.05) is 0 Å². The zero-order chi connectivity index (χ0) is 12.4. The highest BCUT2D eigenvalue weighted by Crippen LogP contribution is 2.27. The van der Waals surface area contributed by atoms with Gasteiger partial charge in [0.15, 0.2) is 0 Å². The van der Waals surface area contributed by atoms with E-state index in [0.717, 1.165) is 37.4 Å². The minimum absolute atomic E-state index is 0.290. The molecule has 1 aliphatic heterocycles. The molecule has 5 heteroatoms. The molecule has 2 rings (SSSR count). The highest BCUT2D eigenvalue weighted by molar-refractivity contribution is 5.93. The molecule has 0 radical (unpaired) electrons. The lowest BCUT2D eigenvalue weighted by molar-refractivity contribution is 0.0696. The van der Waals surface area contributed by atoms with Crippen molar-refractivity contribution in [3.05, 3.63) is 23.3 Å². The monoisotopic (exact) mass is 235 g/mol. The number of piperazine rings is 1. The lowest BCUT2D eigenvalue weighted by Crippen LogP contribution is -2.43. The van der Waals surface area contributed by atoms with E-state index in [1.165, 1.54) is 6.07 Å². The number of nitrogens with one attached hydrogen (secondary N) is 1. The van der Waals surface area contributed by atoms with E-state index in [-0.39, 0.29) is 0 Å². The summed E-state index contributed by atoms with van der Waals surface area (Å²) in [6.07, 6.45) is 0. The van der Waals surface area contributed by atoms with Gasteiger partial charge < -0.3 is 21.1 Å². The summed E-state index contributed by atoms with van der Waals surface area (Å²) < 4.78 is 0. The number of carboxylic acid groups (broad SMARTS) is 1. The molecule has 5 nitrogen and oxygen atoms in total. The van der Waals surface area contributed by atoms with Gasteiger partial charge in [-0.15, -0.1) is 0 Å². The van der Waals surface area contributed by atoms with Crippen LogP contribution in [0.4, 0.5) is 11.4 Å². The van der Waals surface area contributed by atoms with Crippen LogP contribution < -0.4 is 16.0 Å². The van der Waals surface area contributed by atoms with E-state index in [4.69, 9.17) is 10.8 Å². The highest BCUT2D eigenvalue weighted by atomic mass is 16.4. The quantitative estimate of drug-likeness (QED) is 0.657. The molecule has 1 aromatic carbocycles. The van der Waals surface area contributed by atoms with E-state index in [1.54, 1.807) is 0 Å². The van der Waals surface area contributed by atoms with Crippen LogP contribution in [0, 0.1) is 6.92 Å². The molecule has 1 fully saturated rings. The van der Waals surface area contributed by atoms with Gasteiger partial charge in [-0.05, 0) is 24.6 Å². The molecule has 0 aromatic heterocycles. The molecule has 0 spiro atoms. The van der Waals surface area contributed by atoms with Crippen LogP contribution in [0.3, 0.4) is 0 Å². The van der Waals surface area contributed by atoms with Crippen molar-refractivity contribution in [1.29, 1.82) is 0 Å². The second-order valence-corrected chi connectivity index (χ2v) is 4.25. The Hall–Kier alpha value is -1.75. The molecule has 0 saturated carbocycles. The summed E-state index contributed by atoms with van der Waals surface area (Å²) in [6.45, 7) is 5.42. The average molecular weight is 235 g/mol. The minimum atomic E-state index is -0.925. The van der Waals surface area contributed by atoms with Gasteiger partial charge in [0.25, 0.3) is 0 Å². The molecule has 1 aliphatic rings. The van der Waals surface area contributed by atoms with Crippen molar-refractivity contribution >= 4 is 17.3 Å². The van der Waals surface area contributed by atoms with Gasteiger partial charge in [0.2, 0.25) is 0 Å². The Kier molecular flexibility index (Phi) is 3.19. The van der Waals surface area contributed by atoms with Crippen molar-refractivity contribution in [2.45, 2.75) is 6.92 Å². The third-order valence-electron chi connectivity index (χ3n) is 3.09. The maximum atomic E-state index is 11.1. The molecule has 17 heavy (non-hydrogen) atoms. The van der Waals surface area contributed by atoms with Crippen molar-refractivity contribution in [3.63, 3.8) is 0 Å². The molecule has 0 atom stereocenters. The summed E-state index contributed by atoms with van der Waals surface area (Å²) in [5.41, 5.74) is 8.28. The lowest BCUT2D eigenvalue weighted by atomic mass is 10.0. The van der Waals surface area contributed by atoms with Crippen molar-refractivity contribution in [2.75, 3.05) is 36.8 Å². The van der Waals surface area contributed by atoms with E-state index in [1.807, 2.05) is 13.0 Å².